The van der Waals surface area contributed by atoms with Gasteiger partial charge in [-0.1, -0.05) is 41.9 Å². The fourth-order valence-corrected chi connectivity index (χ4v) is 2.07. The van der Waals surface area contributed by atoms with Gasteiger partial charge in [0.2, 0.25) is 0 Å². The van der Waals surface area contributed by atoms with E-state index in [9.17, 15) is 13.9 Å². The maximum absolute atomic E-state index is 12.4. The highest BCUT2D eigenvalue weighted by atomic mass is 79.9. The summed E-state index contributed by atoms with van der Waals surface area (Å²) in [6.07, 6.45) is -1.33. The number of benzene rings is 1. The van der Waals surface area contributed by atoms with E-state index < -0.39 is 18.7 Å². The zero-order valence-electron chi connectivity index (χ0n) is 11.2. The van der Waals surface area contributed by atoms with E-state index in [0.717, 1.165) is 10.9 Å². The molecule has 0 saturated carbocycles. The molecule has 1 aromatic rings. The molecule has 1 rings (SSSR count). The van der Waals surface area contributed by atoms with Crippen LogP contribution in [0.5, 0.6) is 0 Å². The Morgan fingerprint density at radius 1 is 1.26 bits per heavy atom. The lowest BCUT2D eigenvalue weighted by Gasteiger charge is -2.31. The molecule has 2 nitrogen and oxygen atoms in total. The lowest BCUT2D eigenvalue weighted by atomic mass is 9.94. The molecule has 108 valence electrons. The van der Waals surface area contributed by atoms with Crippen LogP contribution in [0.1, 0.15) is 32.3 Å². The van der Waals surface area contributed by atoms with E-state index in [4.69, 9.17) is 0 Å². The van der Waals surface area contributed by atoms with Crippen molar-refractivity contribution in [1.82, 2.24) is 5.32 Å². The van der Waals surface area contributed by atoms with Crippen molar-refractivity contribution in [3.8, 4) is 0 Å². The summed E-state index contributed by atoms with van der Waals surface area (Å²) in [6.45, 7) is 3.55. The third-order valence-electron chi connectivity index (χ3n) is 2.95. The van der Waals surface area contributed by atoms with Crippen LogP contribution in [0.25, 0.3) is 0 Å². The maximum Gasteiger partial charge on any atom is 0.250 e. The first-order valence-electron chi connectivity index (χ1n) is 6.35. The summed E-state index contributed by atoms with van der Waals surface area (Å²) in [5, 5.41) is 13.2. The monoisotopic (exact) mass is 335 g/mol. The van der Waals surface area contributed by atoms with Gasteiger partial charge >= 0.3 is 0 Å². The lowest BCUT2D eigenvalue weighted by molar-refractivity contribution is -0.0264. The van der Waals surface area contributed by atoms with Crippen molar-refractivity contribution in [3.05, 3.63) is 34.3 Å². The third-order valence-corrected chi connectivity index (χ3v) is 3.48. The predicted octanol–water partition coefficient (Wildman–Crippen LogP) is 3.89. The highest BCUT2D eigenvalue weighted by molar-refractivity contribution is 9.10. The zero-order chi connectivity index (χ0) is 14.5. The van der Waals surface area contributed by atoms with Gasteiger partial charge in [-0.3, -0.25) is 5.32 Å². The van der Waals surface area contributed by atoms with Crippen LogP contribution in [0.2, 0.25) is 0 Å². The van der Waals surface area contributed by atoms with Gasteiger partial charge in [0.05, 0.1) is 6.54 Å². The minimum absolute atomic E-state index is 0.398. The first-order chi connectivity index (χ1) is 8.83. The normalized spacial score (nSPS) is 14.9. The number of rotatable bonds is 7. The van der Waals surface area contributed by atoms with Crippen LogP contribution in [-0.2, 0) is 5.72 Å². The van der Waals surface area contributed by atoms with E-state index in [1.165, 1.54) is 0 Å². The standard InChI is InChI=1S/C14H20BrF2NO/c1-10(2)7-8-14(19,18-9-13(16)17)11-3-5-12(15)6-4-11/h3-6,10,13,18-19H,7-9H2,1-2H3. The minimum atomic E-state index is -2.49. The molecule has 2 N–H and O–H groups in total. The van der Waals surface area contributed by atoms with E-state index in [0.29, 0.717) is 17.9 Å². The lowest BCUT2D eigenvalue weighted by Crippen LogP contribution is -2.44. The molecule has 0 aliphatic rings. The van der Waals surface area contributed by atoms with E-state index in [-0.39, 0.29) is 0 Å². The summed E-state index contributed by atoms with van der Waals surface area (Å²) in [4.78, 5) is 0. The molecule has 1 atom stereocenters. The molecule has 1 unspecified atom stereocenters. The number of halogens is 3. The molecule has 19 heavy (non-hydrogen) atoms. The van der Waals surface area contributed by atoms with Gasteiger partial charge in [0.25, 0.3) is 6.43 Å². The fraction of sp³-hybridized carbons (Fsp3) is 0.571. The van der Waals surface area contributed by atoms with Crippen molar-refractivity contribution in [2.24, 2.45) is 5.92 Å². The Kier molecular flexibility index (Phi) is 6.36. The maximum atomic E-state index is 12.4. The molecular weight excluding hydrogens is 316 g/mol. The first-order valence-corrected chi connectivity index (χ1v) is 7.14. The van der Waals surface area contributed by atoms with E-state index in [2.05, 4.69) is 21.2 Å². The van der Waals surface area contributed by atoms with Crippen molar-refractivity contribution in [3.63, 3.8) is 0 Å². The van der Waals surface area contributed by atoms with Gasteiger partial charge < -0.3 is 5.11 Å². The molecule has 0 aliphatic heterocycles. The van der Waals surface area contributed by atoms with Gasteiger partial charge in [-0.2, -0.15) is 0 Å². The molecular formula is C14H20BrF2NO. The second-order valence-electron chi connectivity index (χ2n) is 5.07. The zero-order valence-corrected chi connectivity index (χ0v) is 12.8. The van der Waals surface area contributed by atoms with Crippen LogP contribution >= 0.6 is 15.9 Å². The van der Waals surface area contributed by atoms with Crippen molar-refractivity contribution < 1.29 is 13.9 Å². The smallest absolute Gasteiger partial charge is 0.250 e. The number of alkyl halides is 2. The van der Waals surface area contributed by atoms with Gasteiger partial charge in [-0.15, -0.1) is 0 Å². The van der Waals surface area contributed by atoms with Gasteiger partial charge in [-0.25, -0.2) is 8.78 Å². The summed E-state index contributed by atoms with van der Waals surface area (Å²) >= 11 is 3.31. The van der Waals surface area contributed by atoms with Gasteiger partial charge in [0.15, 0.2) is 0 Å². The number of aliphatic hydroxyl groups is 1. The molecule has 0 radical (unpaired) electrons. The highest BCUT2D eigenvalue weighted by Gasteiger charge is 2.29. The molecule has 1 aromatic carbocycles. The summed E-state index contributed by atoms with van der Waals surface area (Å²) in [5.41, 5.74) is -0.793. The Bertz CT molecular complexity index is 370. The summed E-state index contributed by atoms with van der Waals surface area (Å²) in [7, 11) is 0. The molecule has 0 aromatic heterocycles. The third kappa shape index (κ3) is 5.55. The van der Waals surface area contributed by atoms with E-state index >= 15 is 0 Å². The SMILES string of the molecule is CC(C)CCC(O)(NCC(F)F)c1ccc(Br)cc1. The Balaban J connectivity index is 2.86. The van der Waals surface area contributed by atoms with Crippen LogP contribution < -0.4 is 5.32 Å². The minimum Gasteiger partial charge on any atom is -0.372 e. The Labute approximate surface area is 121 Å². The van der Waals surface area contributed by atoms with Crippen LogP contribution in [0.4, 0.5) is 8.78 Å². The van der Waals surface area contributed by atoms with E-state index in [1.54, 1.807) is 24.3 Å². The van der Waals surface area contributed by atoms with E-state index in [1.807, 2.05) is 13.8 Å². The molecule has 0 amide bonds. The number of hydrogen-bond donors (Lipinski definition) is 2. The molecule has 5 heteroatoms. The largest absolute Gasteiger partial charge is 0.372 e. The highest BCUT2D eigenvalue weighted by Crippen LogP contribution is 2.27. The van der Waals surface area contributed by atoms with Crippen molar-refractivity contribution in [1.29, 1.82) is 0 Å². The Hall–Kier alpha value is -0.520. The number of nitrogens with one attached hydrogen (secondary N) is 1. The molecule has 0 bridgehead atoms. The second kappa shape index (κ2) is 7.31. The van der Waals surface area contributed by atoms with Gasteiger partial charge in [0.1, 0.15) is 5.72 Å². The molecule has 0 spiro atoms. The Morgan fingerprint density at radius 2 is 1.84 bits per heavy atom. The fourth-order valence-electron chi connectivity index (χ4n) is 1.80. The first kappa shape index (κ1) is 16.5. The Morgan fingerprint density at radius 3 is 2.32 bits per heavy atom. The van der Waals surface area contributed by atoms with Crippen LogP contribution in [0.15, 0.2) is 28.7 Å². The molecule has 0 saturated heterocycles. The van der Waals surface area contributed by atoms with Crippen LogP contribution in [-0.4, -0.2) is 18.1 Å². The quantitative estimate of drug-likeness (QED) is 0.741. The van der Waals surface area contributed by atoms with Crippen LogP contribution in [0, 0.1) is 5.92 Å². The van der Waals surface area contributed by atoms with Gasteiger partial charge in [-0.05, 0) is 36.5 Å². The molecule has 0 aliphatic carbocycles. The average molecular weight is 336 g/mol. The molecule has 0 fully saturated rings. The summed E-state index contributed by atoms with van der Waals surface area (Å²) in [5.74, 6) is 0.398. The van der Waals surface area contributed by atoms with Crippen molar-refractivity contribution in [2.45, 2.75) is 38.8 Å². The van der Waals surface area contributed by atoms with Gasteiger partial charge in [0, 0.05) is 4.47 Å². The molecule has 0 heterocycles. The summed E-state index contributed by atoms with van der Waals surface area (Å²) in [6, 6.07) is 7.06. The number of hydrogen-bond acceptors (Lipinski definition) is 2. The topological polar surface area (TPSA) is 32.3 Å². The summed E-state index contributed by atoms with van der Waals surface area (Å²) < 4.78 is 25.6. The van der Waals surface area contributed by atoms with Crippen LogP contribution in [0.3, 0.4) is 0 Å². The predicted molar refractivity (Wildman–Crippen MR) is 76.1 cm³/mol. The van der Waals surface area contributed by atoms with Crippen molar-refractivity contribution in [2.75, 3.05) is 6.54 Å². The average Bonchev–Trinajstić information content (AvgIpc) is 2.35. The second-order valence-corrected chi connectivity index (χ2v) is 5.99. The van der Waals surface area contributed by atoms with Crippen molar-refractivity contribution >= 4 is 15.9 Å².